The molecule has 0 unspecified atom stereocenters. The summed E-state index contributed by atoms with van der Waals surface area (Å²) in [6, 6.07) is 10.0. The molecule has 0 saturated carbocycles. The van der Waals surface area contributed by atoms with E-state index < -0.39 is 5.41 Å². The molecule has 1 saturated heterocycles. The highest BCUT2D eigenvalue weighted by Gasteiger charge is 2.46. The number of imide groups is 1. The first-order valence-electron chi connectivity index (χ1n) is 7.36. The fraction of sp³-hybridized carbons (Fsp3) is 0.529. The van der Waals surface area contributed by atoms with Gasteiger partial charge in [-0.3, -0.25) is 14.5 Å². The quantitative estimate of drug-likeness (QED) is 0.845. The molecule has 1 fully saturated rings. The van der Waals surface area contributed by atoms with Crippen molar-refractivity contribution >= 4 is 11.8 Å². The van der Waals surface area contributed by atoms with E-state index in [1.54, 1.807) is 0 Å². The maximum atomic E-state index is 12.4. The minimum atomic E-state index is -0.400. The fourth-order valence-corrected chi connectivity index (χ4v) is 2.92. The Labute approximate surface area is 121 Å². The van der Waals surface area contributed by atoms with E-state index in [4.69, 9.17) is 0 Å². The monoisotopic (exact) mass is 273 g/mol. The Hall–Kier alpha value is -1.64. The van der Waals surface area contributed by atoms with Crippen molar-refractivity contribution in [3.8, 4) is 0 Å². The number of carbonyl (C=O) groups excluding carboxylic acids is 2. The predicted octanol–water partition coefficient (Wildman–Crippen LogP) is 3.18. The van der Waals surface area contributed by atoms with Crippen LogP contribution in [0.2, 0.25) is 0 Å². The van der Waals surface area contributed by atoms with Crippen LogP contribution in [0.4, 0.5) is 0 Å². The maximum absolute atomic E-state index is 12.4. The smallest absolute Gasteiger partial charge is 0.235 e. The van der Waals surface area contributed by atoms with Crippen LogP contribution in [0.1, 0.15) is 45.6 Å². The van der Waals surface area contributed by atoms with Gasteiger partial charge in [0.1, 0.15) is 0 Å². The zero-order chi connectivity index (χ0) is 14.8. The lowest BCUT2D eigenvalue weighted by Crippen LogP contribution is -2.40. The average molecular weight is 273 g/mol. The van der Waals surface area contributed by atoms with E-state index >= 15 is 0 Å². The molecule has 0 aromatic heterocycles. The Morgan fingerprint density at radius 1 is 1.30 bits per heavy atom. The molecule has 2 rings (SSSR count). The summed E-state index contributed by atoms with van der Waals surface area (Å²) in [6.45, 7) is 5.90. The molecule has 2 amide bonds. The molecule has 0 N–H and O–H groups in total. The molecular formula is C17H23NO2. The Balaban J connectivity index is 2.03. The summed E-state index contributed by atoms with van der Waals surface area (Å²) in [4.78, 5) is 26.3. The van der Waals surface area contributed by atoms with Crippen LogP contribution in [0.3, 0.4) is 0 Å². The first-order valence-corrected chi connectivity index (χ1v) is 7.36. The van der Waals surface area contributed by atoms with Gasteiger partial charge in [0.15, 0.2) is 0 Å². The second-order valence-corrected chi connectivity index (χ2v) is 6.20. The van der Waals surface area contributed by atoms with Crippen molar-refractivity contribution in [2.75, 3.05) is 0 Å². The van der Waals surface area contributed by atoms with Crippen molar-refractivity contribution in [1.29, 1.82) is 0 Å². The third-order valence-electron chi connectivity index (χ3n) is 4.12. The van der Waals surface area contributed by atoms with E-state index in [0.717, 1.165) is 18.4 Å². The Morgan fingerprint density at radius 2 is 1.95 bits per heavy atom. The van der Waals surface area contributed by atoms with Gasteiger partial charge in [-0.05, 0) is 24.8 Å². The van der Waals surface area contributed by atoms with Gasteiger partial charge in [0.2, 0.25) is 11.8 Å². The van der Waals surface area contributed by atoms with Crippen LogP contribution in [-0.2, 0) is 16.0 Å². The normalized spacial score (nSPS) is 21.2. The number of carbonyl (C=O) groups is 2. The molecule has 0 aliphatic carbocycles. The van der Waals surface area contributed by atoms with Gasteiger partial charge in [0, 0.05) is 17.9 Å². The number of nitrogens with zero attached hydrogens (tertiary/aromatic N) is 1. The number of rotatable bonds is 4. The van der Waals surface area contributed by atoms with Crippen molar-refractivity contribution in [1.82, 2.24) is 4.90 Å². The molecule has 108 valence electrons. The predicted molar refractivity (Wildman–Crippen MR) is 79.1 cm³/mol. The van der Waals surface area contributed by atoms with Gasteiger partial charge in [-0.25, -0.2) is 0 Å². The Kier molecular flexibility index (Phi) is 4.26. The van der Waals surface area contributed by atoms with Gasteiger partial charge in [-0.15, -0.1) is 0 Å². The molecule has 0 radical (unpaired) electrons. The van der Waals surface area contributed by atoms with Gasteiger partial charge in [0.25, 0.3) is 0 Å². The SMILES string of the molecule is CC[C@@H]1CC(C)(C)C(=O)N1C(=O)CCc1ccccc1. The fourth-order valence-electron chi connectivity index (χ4n) is 2.92. The molecule has 0 bridgehead atoms. The number of likely N-dealkylation sites (tertiary alicyclic amines) is 1. The molecule has 1 aliphatic heterocycles. The van der Waals surface area contributed by atoms with Gasteiger partial charge in [-0.2, -0.15) is 0 Å². The van der Waals surface area contributed by atoms with E-state index in [2.05, 4.69) is 0 Å². The summed E-state index contributed by atoms with van der Waals surface area (Å²) >= 11 is 0. The first-order chi connectivity index (χ1) is 9.45. The van der Waals surface area contributed by atoms with Crippen molar-refractivity contribution in [3.63, 3.8) is 0 Å². The topological polar surface area (TPSA) is 37.4 Å². The number of hydrogen-bond donors (Lipinski definition) is 0. The molecule has 1 atom stereocenters. The third-order valence-corrected chi connectivity index (χ3v) is 4.12. The zero-order valence-corrected chi connectivity index (χ0v) is 12.6. The lowest BCUT2D eigenvalue weighted by atomic mass is 9.89. The number of hydrogen-bond acceptors (Lipinski definition) is 2. The van der Waals surface area contributed by atoms with Crippen molar-refractivity contribution < 1.29 is 9.59 Å². The maximum Gasteiger partial charge on any atom is 0.235 e. The van der Waals surface area contributed by atoms with Gasteiger partial charge in [-0.1, -0.05) is 51.1 Å². The molecule has 20 heavy (non-hydrogen) atoms. The molecule has 1 aliphatic rings. The zero-order valence-electron chi connectivity index (χ0n) is 12.6. The van der Waals surface area contributed by atoms with Crippen molar-refractivity contribution in [2.24, 2.45) is 5.41 Å². The van der Waals surface area contributed by atoms with Crippen molar-refractivity contribution in [3.05, 3.63) is 35.9 Å². The Morgan fingerprint density at radius 3 is 2.55 bits per heavy atom. The minimum absolute atomic E-state index is 0.0117. The third kappa shape index (κ3) is 2.92. The summed E-state index contributed by atoms with van der Waals surface area (Å²) in [6.07, 6.45) is 2.72. The lowest BCUT2D eigenvalue weighted by molar-refractivity contribution is -0.147. The van der Waals surface area contributed by atoms with E-state index in [9.17, 15) is 9.59 Å². The largest absolute Gasteiger partial charge is 0.279 e. The molecule has 0 spiro atoms. The Bertz CT molecular complexity index is 493. The van der Waals surface area contributed by atoms with Crippen LogP contribution >= 0.6 is 0 Å². The second kappa shape index (κ2) is 5.78. The standard InChI is InChI=1S/C17H23NO2/c1-4-14-12-17(2,3)16(20)18(14)15(19)11-10-13-8-6-5-7-9-13/h5-9,14H,4,10-12H2,1-3H3/t14-/m1/s1. The van der Waals surface area contributed by atoms with E-state index in [1.807, 2.05) is 51.1 Å². The minimum Gasteiger partial charge on any atom is -0.279 e. The number of benzene rings is 1. The van der Waals surface area contributed by atoms with E-state index in [0.29, 0.717) is 12.8 Å². The first kappa shape index (κ1) is 14.8. The summed E-state index contributed by atoms with van der Waals surface area (Å²) < 4.78 is 0. The summed E-state index contributed by atoms with van der Waals surface area (Å²) in [5.74, 6) is -0.0429. The molecule has 1 aromatic carbocycles. The summed E-state index contributed by atoms with van der Waals surface area (Å²) in [7, 11) is 0. The summed E-state index contributed by atoms with van der Waals surface area (Å²) in [5, 5.41) is 0. The number of aryl methyl sites for hydroxylation is 1. The van der Waals surface area contributed by atoms with Crippen LogP contribution in [0.15, 0.2) is 30.3 Å². The lowest BCUT2D eigenvalue weighted by Gasteiger charge is -2.22. The second-order valence-electron chi connectivity index (χ2n) is 6.20. The van der Waals surface area contributed by atoms with Gasteiger partial charge in [0.05, 0.1) is 0 Å². The molecule has 1 heterocycles. The van der Waals surface area contributed by atoms with Crippen molar-refractivity contribution in [2.45, 2.75) is 52.5 Å². The van der Waals surface area contributed by atoms with E-state index in [1.165, 1.54) is 4.90 Å². The summed E-state index contributed by atoms with van der Waals surface area (Å²) in [5.41, 5.74) is 0.739. The van der Waals surface area contributed by atoms with Crippen LogP contribution < -0.4 is 0 Å². The molecule has 3 heteroatoms. The molecule has 3 nitrogen and oxygen atoms in total. The molecular weight excluding hydrogens is 250 g/mol. The number of amides is 2. The highest BCUT2D eigenvalue weighted by atomic mass is 16.2. The highest BCUT2D eigenvalue weighted by molar-refractivity contribution is 6.00. The van der Waals surface area contributed by atoms with Crippen LogP contribution in [0.25, 0.3) is 0 Å². The van der Waals surface area contributed by atoms with E-state index in [-0.39, 0.29) is 17.9 Å². The molecule has 1 aromatic rings. The average Bonchev–Trinajstić information content (AvgIpc) is 2.68. The highest BCUT2D eigenvalue weighted by Crippen LogP contribution is 2.37. The van der Waals surface area contributed by atoms with Gasteiger partial charge >= 0.3 is 0 Å². The van der Waals surface area contributed by atoms with Crippen LogP contribution in [0, 0.1) is 5.41 Å². The van der Waals surface area contributed by atoms with Crippen LogP contribution in [0.5, 0.6) is 0 Å². The van der Waals surface area contributed by atoms with Crippen LogP contribution in [-0.4, -0.2) is 22.8 Å². The van der Waals surface area contributed by atoms with Gasteiger partial charge < -0.3 is 0 Å².